The molecule has 0 unspecified atom stereocenters. The van der Waals surface area contributed by atoms with Gasteiger partial charge in [-0.05, 0) is 85.0 Å². The van der Waals surface area contributed by atoms with E-state index in [9.17, 15) is 31.8 Å². The predicted octanol–water partition coefficient (Wildman–Crippen LogP) is 5.02. The SMILES string of the molecule is O=C(Nc1ccc(S(=O)(=O)N2CCC(Nc3ccc(Cl)cc3)CC2)cc1)c1cc(S(=O)(=O)N2CCc3ccccc3C2)cc(O)c1O. The average Bonchev–Trinajstić information content (AvgIpc) is 3.07. The van der Waals surface area contributed by atoms with E-state index in [0.29, 0.717) is 37.4 Å². The molecule has 11 nitrogen and oxygen atoms in total. The number of piperidine rings is 1. The molecule has 0 aromatic heterocycles. The fraction of sp³-hybridized carbons (Fsp3) is 0.242. The third-order valence-corrected chi connectivity index (χ3v) is 12.4. The largest absolute Gasteiger partial charge is 0.504 e. The molecule has 4 aromatic rings. The summed E-state index contributed by atoms with van der Waals surface area (Å²) in [6.45, 7) is 1.02. The van der Waals surface area contributed by atoms with E-state index in [1.165, 1.54) is 32.9 Å². The number of carbonyl (C=O) groups is 1. The van der Waals surface area contributed by atoms with Crippen LogP contribution in [-0.4, -0.2) is 67.2 Å². The highest BCUT2D eigenvalue weighted by Gasteiger charge is 2.32. The van der Waals surface area contributed by atoms with Crippen molar-refractivity contribution < 1.29 is 31.8 Å². The van der Waals surface area contributed by atoms with Crippen LogP contribution in [0.1, 0.15) is 34.3 Å². The van der Waals surface area contributed by atoms with Crippen LogP contribution in [0.4, 0.5) is 11.4 Å². The third kappa shape index (κ3) is 6.94. The highest BCUT2D eigenvalue weighted by Crippen LogP contribution is 2.35. The molecule has 0 aliphatic carbocycles. The van der Waals surface area contributed by atoms with Crippen molar-refractivity contribution >= 4 is 48.9 Å². The number of rotatable bonds is 8. The monoisotopic (exact) mass is 696 g/mol. The van der Waals surface area contributed by atoms with Crippen molar-refractivity contribution in [2.75, 3.05) is 30.3 Å². The van der Waals surface area contributed by atoms with Gasteiger partial charge in [-0.3, -0.25) is 4.79 Å². The first kappa shape index (κ1) is 32.8. The van der Waals surface area contributed by atoms with Crippen LogP contribution in [0.2, 0.25) is 5.02 Å². The molecule has 6 rings (SSSR count). The van der Waals surface area contributed by atoms with Crippen LogP contribution in [0, 0.1) is 0 Å². The van der Waals surface area contributed by atoms with E-state index in [-0.39, 0.29) is 34.6 Å². The summed E-state index contributed by atoms with van der Waals surface area (Å²) in [5.41, 5.74) is 2.59. The van der Waals surface area contributed by atoms with E-state index in [0.717, 1.165) is 28.9 Å². The normalized spacial score (nSPS) is 16.4. The molecule has 4 aromatic carbocycles. The number of hydrogen-bond acceptors (Lipinski definition) is 8. The summed E-state index contributed by atoms with van der Waals surface area (Å²) < 4.78 is 56.4. The van der Waals surface area contributed by atoms with Crippen molar-refractivity contribution in [3.8, 4) is 11.5 Å². The molecule has 2 aliphatic heterocycles. The molecule has 0 saturated carbocycles. The minimum absolute atomic E-state index is 0.0521. The Hall–Kier alpha value is -4.14. The summed E-state index contributed by atoms with van der Waals surface area (Å²) >= 11 is 5.95. The third-order valence-electron chi connectivity index (χ3n) is 8.46. The van der Waals surface area contributed by atoms with Crippen LogP contribution in [0.3, 0.4) is 0 Å². The number of phenols is 2. The zero-order chi connectivity index (χ0) is 33.3. The number of amides is 1. The second-order valence-corrected chi connectivity index (χ2v) is 15.8. The van der Waals surface area contributed by atoms with Crippen molar-refractivity contribution in [1.29, 1.82) is 0 Å². The van der Waals surface area contributed by atoms with Gasteiger partial charge in [-0.25, -0.2) is 16.8 Å². The van der Waals surface area contributed by atoms with Crippen molar-refractivity contribution in [2.45, 2.75) is 41.6 Å². The van der Waals surface area contributed by atoms with E-state index in [2.05, 4.69) is 10.6 Å². The number of nitrogens with one attached hydrogen (secondary N) is 2. The van der Waals surface area contributed by atoms with E-state index in [4.69, 9.17) is 11.6 Å². The average molecular weight is 697 g/mol. The van der Waals surface area contributed by atoms with E-state index in [1.54, 1.807) is 12.1 Å². The first-order chi connectivity index (χ1) is 22.4. The number of halogens is 1. The van der Waals surface area contributed by atoms with Crippen LogP contribution in [0.25, 0.3) is 0 Å². The second-order valence-electron chi connectivity index (χ2n) is 11.5. The molecule has 1 fully saturated rings. The number of phenolic OH excluding ortho intramolecular Hbond substituents is 2. The Morgan fingerprint density at radius 1 is 0.745 bits per heavy atom. The number of sulfonamides is 2. The number of fused-ring (bicyclic) bond motifs is 1. The van der Waals surface area contributed by atoms with Crippen molar-refractivity contribution in [3.63, 3.8) is 0 Å². The number of benzene rings is 4. The minimum atomic E-state index is -4.12. The molecule has 4 N–H and O–H groups in total. The molecular formula is C33H33ClN4O7S2. The second kappa shape index (κ2) is 13.2. The van der Waals surface area contributed by atoms with Crippen LogP contribution in [0.5, 0.6) is 11.5 Å². The number of aromatic hydroxyl groups is 2. The molecule has 1 saturated heterocycles. The molecule has 0 radical (unpaired) electrons. The fourth-order valence-electron chi connectivity index (χ4n) is 5.82. The van der Waals surface area contributed by atoms with Gasteiger partial charge in [0.15, 0.2) is 11.5 Å². The molecule has 1 amide bonds. The molecule has 2 heterocycles. The number of hydrogen-bond donors (Lipinski definition) is 4. The molecule has 0 spiro atoms. The lowest BCUT2D eigenvalue weighted by Crippen LogP contribution is -2.42. The first-order valence-electron chi connectivity index (χ1n) is 15.0. The molecule has 2 aliphatic rings. The zero-order valence-electron chi connectivity index (χ0n) is 25.1. The summed E-state index contributed by atoms with van der Waals surface area (Å²) in [4.78, 5) is 12.9. The van der Waals surface area contributed by atoms with Crippen LogP contribution >= 0.6 is 11.6 Å². The van der Waals surface area contributed by atoms with Gasteiger partial charge in [0, 0.05) is 54.7 Å². The summed E-state index contributed by atoms with van der Waals surface area (Å²) in [6, 6.07) is 22.5. The van der Waals surface area contributed by atoms with Crippen LogP contribution < -0.4 is 10.6 Å². The van der Waals surface area contributed by atoms with Crippen molar-refractivity contribution in [1.82, 2.24) is 8.61 Å². The summed E-state index contributed by atoms with van der Waals surface area (Å²) in [5.74, 6) is -2.43. The summed E-state index contributed by atoms with van der Waals surface area (Å²) in [6.07, 6.45) is 1.75. The highest BCUT2D eigenvalue weighted by molar-refractivity contribution is 7.89. The number of carbonyl (C=O) groups excluding carboxylic acids is 1. The van der Waals surface area contributed by atoms with Crippen LogP contribution in [-0.2, 0) is 33.0 Å². The van der Waals surface area contributed by atoms with Gasteiger partial charge < -0.3 is 20.8 Å². The standard InChI is InChI=1S/C33H33ClN4O7S2/c34-24-5-7-25(8-6-24)35-27-14-17-37(18-15-27)46(42,43)28-11-9-26(10-12-28)36-33(41)30-19-29(20-31(39)32(30)40)47(44,45)38-16-13-22-3-1-2-4-23(22)21-38/h1-12,19-20,27,35,39-40H,13-18,21H2,(H,36,41). The Balaban J connectivity index is 1.12. The lowest BCUT2D eigenvalue weighted by molar-refractivity contribution is 0.102. The van der Waals surface area contributed by atoms with Gasteiger partial charge in [-0.2, -0.15) is 8.61 Å². The highest BCUT2D eigenvalue weighted by atomic mass is 35.5. The van der Waals surface area contributed by atoms with E-state index in [1.807, 2.05) is 36.4 Å². The fourth-order valence-corrected chi connectivity index (χ4v) is 8.88. The van der Waals surface area contributed by atoms with E-state index < -0.39 is 43.0 Å². The van der Waals surface area contributed by atoms with Gasteiger partial charge in [0.25, 0.3) is 5.91 Å². The molecule has 47 heavy (non-hydrogen) atoms. The Kier molecular flexibility index (Phi) is 9.18. The number of anilines is 2. The maximum absolute atomic E-state index is 13.5. The summed E-state index contributed by atoms with van der Waals surface area (Å²) in [5, 5.41) is 27.4. The number of nitrogens with zero attached hydrogens (tertiary/aromatic N) is 2. The van der Waals surface area contributed by atoms with Crippen LogP contribution in [0.15, 0.2) is 94.7 Å². The lowest BCUT2D eigenvalue weighted by Gasteiger charge is -2.32. The molecular weight excluding hydrogens is 664 g/mol. The Morgan fingerprint density at radius 2 is 1.36 bits per heavy atom. The first-order valence-corrected chi connectivity index (χ1v) is 18.2. The molecule has 246 valence electrons. The van der Waals surface area contributed by atoms with Gasteiger partial charge in [0.1, 0.15) is 0 Å². The van der Waals surface area contributed by atoms with Gasteiger partial charge in [-0.1, -0.05) is 35.9 Å². The van der Waals surface area contributed by atoms with E-state index >= 15 is 0 Å². The lowest BCUT2D eigenvalue weighted by atomic mass is 10.0. The quantitative estimate of drug-likeness (QED) is 0.187. The van der Waals surface area contributed by atoms with Crippen molar-refractivity contribution in [3.05, 3.63) is 107 Å². The molecule has 14 heteroatoms. The predicted molar refractivity (Wildman–Crippen MR) is 179 cm³/mol. The minimum Gasteiger partial charge on any atom is -0.504 e. The van der Waals surface area contributed by atoms with Crippen molar-refractivity contribution in [2.24, 2.45) is 0 Å². The Morgan fingerprint density at radius 3 is 2.04 bits per heavy atom. The van der Waals surface area contributed by atoms with Gasteiger partial charge in [0.05, 0.1) is 15.4 Å². The van der Waals surface area contributed by atoms with Gasteiger partial charge >= 0.3 is 0 Å². The topological polar surface area (TPSA) is 156 Å². The maximum atomic E-state index is 13.5. The maximum Gasteiger partial charge on any atom is 0.259 e. The molecule has 0 atom stereocenters. The smallest absolute Gasteiger partial charge is 0.259 e. The van der Waals surface area contributed by atoms with Gasteiger partial charge in [0.2, 0.25) is 20.0 Å². The zero-order valence-corrected chi connectivity index (χ0v) is 27.5. The molecule has 0 bridgehead atoms. The summed E-state index contributed by atoms with van der Waals surface area (Å²) in [7, 11) is -7.92. The Bertz CT molecular complexity index is 2020. The van der Waals surface area contributed by atoms with Gasteiger partial charge in [-0.15, -0.1) is 0 Å². The Labute approximate surface area is 278 Å².